The molecule has 0 aliphatic carbocycles. The third kappa shape index (κ3) is 3.46. The molecule has 0 radical (unpaired) electrons. The molecule has 0 saturated heterocycles. The number of carboxylic acids is 2. The zero-order valence-corrected chi connectivity index (χ0v) is 6.54. The second-order valence-electron chi connectivity index (χ2n) is 2.40. The fraction of sp³-hybridized carbons (Fsp3) is 0.429. The molecule has 0 aromatic carbocycles. The maximum Gasteiger partial charge on any atom is 0.313 e. The minimum atomic E-state index is -1.44. The summed E-state index contributed by atoms with van der Waals surface area (Å²) in [6.45, 7) is 0. The van der Waals surface area contributed by atoms with Gasteiger partial charge in [-0.05, 0) is 6.42 Å². The van der Waals surface area contributed by atoms with Crippen molar-refractivity contribution in [2.45, 2.75) is 6.42 Å². The van der Waals surface area contributed by atoms with Gasteiger partial charge in [-0.1, -0.05) is 0 Å². The Morgan fingerprint density at radius 3 is 1.46 bits per heavy atom. The Morgan fingerprint density at radius 2 is 1.31 bits per heavy atom. The van der Waals surface area contributed by atoms with Gasteiger partial charge in [0.1, 0.15) is 24.4 Å². The second kappa shape index (κ2) is 5.02. The van der Waals surface area contributed by atoms with Crippen LogP contribution in [0.5, 0.6) is 0 Å². The van der Waals surface area contributed by atoms with Crippen molar-refractivity contribution in [3.63, 3.8) is 0 Å². The van der Waals surface area contributed by atoms with Crippen molar-refractivity contribution in [3.8, 4) is 0 Å². The topological polar surface area (TPSA) is 109 Å². The SMILES string of the molecule is O=CC(CC(C=O)C(=O)O)C(=O)O. The number of carboxylic acid groups (broad SMARTS) is 2. The maximum absolute atomic E-state index is 10.3. The normalized spacial score (nSPS) is 14.2. The zero-order chi connectivity index (χ0) is 10.4. The molecule has 0 fully saturated rings. The van der Waals surface area contributed by atoms with Gasteiger partial charge in [-0.3, -0.25) is 9.59 Å². The van der Waals surface area contributed by atoms with Crippen LogP contribution in [0.2, 0.25) is 0 Å². The summed E-state index contributed by atoms with van der Waals surface area (Å²) in [7, 11) is 0. The minimum absolute atomic E-state index is 0.113. The molecule has 0 saturated carbocycles. The van der Waals surface area contributed by atoms with Gasteiger partial charge in [-0.15, -0.1) is 0 Å². The lowest BCUT2D eigenvalue weighted by Gasteiger charge is -2.06. The van der Waals surface area contributed by atoms with Crippen molar-refractivity contribution in [1.29, 1.82) is 0 Å². The number of carbonyl (C=O) groups is 4. The molecule has 0 aliphatic rings. The summed E-state index contributed by atoms with van der Waals surface area (Å²) >= 11 is 0. The van der Waals surface area contributed by atoms with Gasteiger partial charge in [0.25, 0.3) is 0 Å². The summed E-state index contributed by atoms with van der Waals surface area (Å²) in [5, 5.41) is 16.7. The third-order valence-electron chi connectivity index (χ3n) is 1.47. The molecule has 2 atom stereocenters. The van der Waals surface area contributed by atoms with Crippen molar-refractivity contribution in [1.82, 2.24) is 0 Å². The molecule has 0 rings (SSSR count). The highest BCUT2D eigenvalue weighted by molar-refractivity contribution is 5.90. The van der Waals surface area contributed by atoms with E-state index in [2.05, 4.69) is 0 Å². The van der Waals surface area contributed by atoms with Gasteiger partial charge >= 0.3 is 11.9 Å². The van der Waals surface area contributed by atoms with Gasteiger partial charge in [0.15, 0.2) is 0 Å². The highest BCUT2D eigenvalue weighted by Gasteiger charge is 2.26. The average molecular weight is 188 g/mol. The van der Waals surface area contributed by atoms with Gasteiger partial charge < -0.3 is 19.8 Å². The number of aldehydes is 2. The van der Waals surface area contributed by atoms with Crippen LogP contribution in [0, 0.1) is 11.8 Å². The molecule has 0 aromatic heterocycles. The van der Waals surface area contributed by atoms with Crippen LogP contribution in [0.1, 0.15) is 6.42 Å². The van der Waals surface area contributed by atoms with Crippen LogP contribution in [0.4, 0.5) is 0 Å². The van der Waals surface area contributed by atoms with Crippen LogP contribution >= 0.6 is 0 Å². The molecule has 0 aromatic rings. The summed E-state index contributed by atoms with van der Waals surface area (Å²) in [5.74, 6) is -5.73. The van der Waals surface area contributed by atoms with Crippen LogP contribution in [0.3, 0.4) is 0 Å². The Bertz CT molecular complexity index is 209. The largest absolute Gasteiger partial charge is 0.481 e. The first kappa shape index (κ1) is 11.3. The monoisotopic (exact) mass is 188 g/mol. The fourth-order valence-corrected chi connectivity index (χ4v) is 0.703. The van der Waals surface area contributed by atoms with Crippen molar-refractivity contribution in [2.75, 3.05) is 0 Å². The molecule has 0 bridgehead atoms. The molecular formula is C7H8O6. The molecule has 0 amide bonds. The van der Waals surface area contributed by atoms with E-state index in [9.17, 15) is 19.2 Å². The van der Waals surface area contributed by atoms with Gasteiger partial charge in [-0.25, -0.2) is 0 Å². The Hall–Kier alpha value is -1.72. The highest BCUT2D eigenvalue weighted by atomic mass is 16.4. The molecule has 0 heterocycles. The quantitative estimate of drug-likeness (QED) is 0.416. The molecule has 0 aliphatic heterocycles. The summed E-state index contributed by atoms with van der Waals surface area (Å²) in [5.41, 5.74) is 0. The first-order chi connectivity index (χ1) is 6.02. The van der Waals surface area contributed by atoms with Crippen LogP contribution in [-0.4, -0.2) is 34.7 Å². The fourth-order valence-electron chi connectivity index (χ4n) is 0.703. The highest BCUT2D eigenvalue weighted by Crippen LogP contribution is 2.09. The maximum atomic E-state index is 10.3. The molecule has 13 heavy (non-hydrogen) atoms. The lowest BCUT2D eigenvalue weighted by Crippen LogP contribution is -2.24. The standard InChI is InChI=1S/C7H8O6/c8-2-4(6(10)11)1-5(3-9)7(12)13/h2-5H,1H2,(H,10,11)(H,12,13). The van der Waals surface area contributed by atoms with Crippen LogP contribution in [-0.2, 0) is 19.2 Å². The van der Waals surface area contributed by atoms with Gasteiger partial charge in [-0.2, -0.15) is 0 Å². The Labute approximate surface area is 73.2 Å². The van der Waals surface area contributed by atoms with Crippen molar-refractivity contribution >= 4 is 24.5 Å². The Morgan fingerprint density at radius 1 is 1.00 bits per heavy atom. The molecule has 0 spiro atoms. The lowest BCUT2D eigenvalue weighted by atomic mass is 9.97. The molecule has 2 unspecified atom stereocenters. The van der Waals surface area contributed by atoms with E-state index in [4.69, 9.17) is 10.2 Å². The van der Waals surface area contributed by atoms with E-state index in [0.29, 0.717) is 0 Å². The van der Waals surface area contributed by atoms with Crippen molar-refractivity contribution in [3.05, 3.63) is 0 Å². The minimum Gasteiger partial charge on any atom is -0.481 e. The predicted molar refractivity (Wildman–Crippen MR) is 39.0 cm³/mol. The van der Waals surface area contributed by atoms with E-state index in [1.807, 2.05) is 0 Å². The zero-order valence-electron chi connectivity index (χ0n) is 6.54. The van der Waals surface area contributed by atoms with E-state index in [0.717, 1.165) is 0 Å². The smallest absolute Gasteiger partial charge is 0.313 e. The third-order valence-corrected chi connectivity index (χ3v) is 1.47. The summed E-state index contributed by atoms with van der Waals surface area (Å²) in [4.78, 5) is 40.8. The van der Waals surface area contributed by atoms with E-state index >= 15 is 0 Å². The van der Waals surface area contributed by atoms with Crippen LogP contribution in [0.25, 0.3) is 0 Å². The van der Waals surface area contributed by atoms with Gasteiger partial charge in [0.2, 0.25) is 0 Å². The first-order valence-corrected chi connectivity index (χ1v) is 3.39. The van der Waals surface area contributed by atoms with Gasteiger partial charge in [0, 0.05) is 0 Å². The van der Waals surface area contributed by atoms with E-state index in [-0.39, 0.29) is 12.6 Å². The second-order valence-corrected chi connectivity index (χ2v) is 2.40. The number of carbonyl (C=O) groups excluding carboxylic acids is 2. The van der Waals surface area contributed by atoms with E-state index in [1.165, 1.54) is 0 Å². The summed E-state index contributed by atoms with van der Waals surface area (Å²) in [6, 6.07) is 0. The lowest BCUT2D eigenvalue weighted by molar-refractivity contribution is -0.147. The summed E-state index contributed by atoms with van der Waals surface area (Å²) in [6.07, 6.45) is -0.277. The predicted octanol–water partition coefficient (Wildman–Crippen LogP) is -0.824. The molecule has 2 N–H and O–H groups in total. The van der Waals surface area contributed by atoms with E-state index < -0.39 is 30.2 Å². The molecule has 72 valence electrons. The Balaban J connectivity index is 4.36. The Kier molecular flexibility index (Phi) is 4.36. The molecule has 6 nitrogen and oxygen atoms in total. The molecular weight excluding hydrogens is 180 g/mol. The number of rotatable bonds is 6. The number of aliphatic carboxylic acids is 2. The number of hydrogen-bond acceptors (Lipinski definition) is 4. The van der Waals surface area contributed by atoms with Crippen LogP contribution in [0.15, 0.2) is 0 Å². The van der Waals surface area contributed by atoms with E-state index in [1.54, 1.807) is 0 Å². The number of hydrogen-bond donors (Lipinski definition) is 2. The summed E-state index contributed by atoms with van der Waals surface area (Å²) < 4.78 is 0. The molecule has 6 heteroatoms. The van der Waals surface area contributed by atoms with Crippen LogP contribution < -0.4 is 0 Å². The van der Waals surface area contributed by atoms with Crippen molar-refractivity contribution < 1.29 is 29.4 Å². The average Bonchev–Trinajstić information content (AvgIpc) is 2.05. The van der Waals surface area contributed by atoms with Crippen molar-refractivity contribution in [2.24, 2.45) is 11.8 Å². The van der Waals surface area contributed by atoms with Gasteiger partial charge in [0.05, 0.1) is 0 Å². The first-order valence-electron chi connectivity index (χ1n) is 3.39.